The number of nitrogens with zero attached hydrogens (tertiary/aromatic N) is 8. The van der Waals surface area contributed by atoms with Crippen molar-refractivity contribution >= 4 is 34.9 Å². The zero-order chi connectivity index (χ0) is 28.9. The van der Waals surface area contributed by atoms with Gasteiger partial charge in [0.15, 0.2) is 0 Å². The third kappa shape index (κ3) is 4.53. The van der Waals surface area contributed by atoms with E-state index in [2.05, 4.69) is 46.3 Å². The summed E-state index contributed by atoms with van der Waals surface area (Å²) in [6, 6.07) is 6.57. The van der Waals surface area contributed by atoms with Crippen LogP contribution in [0.15, 0.2) is 48.1 Å². The third-order valence-corrected chi connectivity index (χ3v) is 9.21. The highest BCUT2D eigenvalue weighted by Gasteiger charge is 2.48. The van der Waals surface area contributed by atoms with Gasteiger partial charge in [0.25, 0.3) is 5.91 Å². The van der Waals surface area contributed by atoms with E-state index in [0.717, 1.165) is 60.4 Å². The molecule has 2 aromatic heterocycles. The molecule has 1 amide bonds. The molecule has 2 fully saturated rings. The molecule has 2 aromatic rings. The fraction of sp³-hybridized carbons (Fsp3) is 0.484. The van der Waals surface area contributed by atoms with Crippen molar-refractivity contribution in [2.24, 2.45) is 29.4 Å². The van der Waals surface area contributed by atoms with Gasteiger partial charge in [-0.3, -0.25) is 19.3 Å². The predicted molar refractivity (Wildman–Crippen MR) is 156 cm³/mol. The highest BCUT2D eigenvalue weighted by Crippen LogP contribution is 2.46. The number of carbonyl (C=O) groups is 2. The number of nitriles is 1. The lowest BCUT2D eigenvalue weighted by atomic mass is 9.75. The van der Waals surface area contributed by atoms with Crippen molar-refractivity contribution in [3.05, 3.63) is 54.1 Å². The Balaban J connectivity index is 1.24. The molecule has 3 unspecified atom stereocenters. The quantitative estimate of drug-likeness (QED) is 0.522. The Kier molecular flexibility index (Phi) is 6.56. The van der Waals surface area contributed by atoms with Crippen LogP contribution in [0.5, 0.6) is 0 Å². The van der Waals surface area contributed by atoms with Crippen LogP contribution in [0.25, 0.3) is 11.1 Å². The SMILES string of the molecule is CC(C)C(=O)C(=O)N1CCC2(CCCN(c3ccc(C4=CC(c5cnn(C)c5)=CN5N=CC(C#N)C45C)cn3)C2)C1. The Morgan fingerprint density at radius 2 is 1.95 bits per heavy atom. The number of fused-ring (bicyclic) bond motifs is 1. The van der Waals surface area contributed by atoms with Gasteiger partial charge in [-0.2, -0.15) is 15.5 Å². The Labute approximate surface area is 240 Å². The first-order valence-corrected chi connectivity index (χ1v) is 14.3. The molecule has 6 heterocycles. The topological polar surface area (TPSA) is 111 Å². The molecule has 1 spiro atoms. The number of aromatic nitrogens is 3. The van der Waals surface area contributed by atoms with Gasteiger partial charge in [-0.05, 0) is 55.5 Å². The molecule has 0 radical (unpaired) electrons. The zero-order valence-corrected chi connectivity index (χ0v) is 24.1. The summed E-state index contributed by atoms with van der Waals surface area (Å²) in [5.41, 5.74) is 3.21. The van der Waals surface area contributed by atoms with Crippen LogP contribution in [0.3, 0.4) is 0 Å². The molecule has 10 heteroatoms. The van der Waals surface area contributed by atoms with E-state index in [4.69, 9.17) is 4.98 Å². The van der Waals surface area contributed by atoms with Crippen LogP contribution in [0.1, 0.15) is 51.2 Å². The maximum absolute atomic E-state index is 12.7. The summed E-state index contributed by atoms with van der Waals surface area (Å²) < 4.78 is 1.77. The lowest BCUT2D eigenvalue weighted by molar-refractivity contribution is -0.145. The van der Waals surface area contributed by atoms with Gasteiger partial charge in [-0.1, -0.05) is 13.8 Å². The molecule has 41 heavy (non-hydrogen) atoms. The van der Waals surface area contributed by atoms with Crippen molar-refractivity contribution in [1.29, 1.82) is 5.26 Å². The second-order valence-electron chi connectivity index (χ2n) is 12.3. The number of amides is 1. The molecule has 0 aromatic carbocycles. The van der Waals surface area contributed by atoms with E-state index < -0.39 is 11.5 Å². The number of aryl methyl sites for hydroxylation is 1. The van der Waals surface area contributed by atoms with Gasteiger partial charge in [0, 0.05) is 80.5 Å². The molecule has 4 aliphatic heterocycles. The molecular weight excluding hydrogens is 516 g/mol. The Morgan fingerprint density at radius 3 is 2.63 bits per heavy atom. The summed E-state index contributed by atoms with van der Waals surface area (Å²) in [4.78, 5) is 34.0. The molecule has 0 bridgehead atoms. The summed E-state index contributed by atoms with van der Waals surface area (Å²) in [7, 11) is 1.89. The Hall–Kier alpha value is -4.26. The van der Waals surface area contributed by atoms with E-state index in [1.165, 1.54) is 0 Å². The lowest BCUT2D eigenvalue weighted by Crippen LogP contribution is -2.46. The Bertz CT molecular complexity index is 1510. The summed E-state index contributed by atoms with van der Waals surface area (Å²) >= 11 is 0. The average molecular weight is 553 g/mol. The van der Waals surface area contributed by atoms with E-state index in [9.17, 15) is 14.9 Å². The van der Waals surface area contributed by atoms with Crippen LogP contribution >= 0.6 is 0 Å². The molecule has 6 rings (SSSR count). The second kappa shape index (κ2) is 9.98. The van der Waals surface area contributed by atoms with Crippen molar-refractivity contribution in [3.63, 3.8) is 0 Å². The van der Waals surface area contributed by atoms with Crippen LogP contribution in [-0.2, 0) is 16.6 Å². The van der Waals surface area contributed by atoms with Crippen molar-refractivity contribution in [2.75, 3.05) is 31.1 Å². The normalized spacial score (nSPS) is 27.2. The van der Waals surface area contributed by atoms with E-state index in [1.807, 2.05) is 36.8 Å². The van der Waals surface area contributed by atoms with Gasteiger partial charge in [0.1, 0.15) is 17.3 Å². The third-order valence-electron chi connectivity index (χ3n) is 9.21. The lowest BCUT2D eigenvalue weighted by Gasteiger charge is -2.41. The smallest absolute Gasteiger partial charge is 0.290 e. The largest absolute Gasteiger partial charge is 0.356 e. The van der Waals surface area contributed by atoms with Crippen LogP contribution in [0.2, 0.25) is 0 Å². The fourth-order valence-corrected chi connectivity index (χ4v) is 6.72. The number of hydrogen-bond donors (Lipinski definition) is 0. The van der Waals surface area contributed by atoms with E-state index in [1.54, 1.807) is 29.6 Å². The van der Waals surface area contributed by atoms with Crippen molar-refractivity contribution in [3.8, 4) is 6.07 Å². The number of likely N-dealkylation sites (tertiary alicyclic amines) is 1. The number of ketones is 1. The molecule has 4 aliphatic rings. The number of allylic oxidation sites excluding steroid dienone is 2. The highest BCUT2D eigenvalue weighted by atomic mass is 16.2. The van der Waals surface area contributed by atoms with Gasteiger partial charge in [-0.15, -0.1) is 0 Å². The predicted octanol–water partition coefficient (Wildman–Crippen LogP) is 3.50. The molecule has 212 valence electrons. The molecule has 0 aliphatic carbocycles. The van der Waals surface area contributed by atoms with Gasteiger partial charge < -0.3 is 9.80 Å². The van der Waals surface area contributed by atoms with E-state index in [-0.39, 0.29) is 23.0 Å². The van der Waals surface area contributed by atoms with Crippen LogP contribution < -0.4 is 4.90 Å². The molecule has 10 nitrogen and oxygen atoms in total. The number of Topliss-reactive ketones (excluding diaryl/α,β-unsaturated/α-hetero) is 1. The number of piperidine rings is 1. The number of hydrogen-bond acceptors (Lipinski definition) is 8. The number of pyridine rings is 1. The van der Waals surface area contributed by atoms with Gasteiger partial charge in [0.2, 0.25) is 5.78 Å². The van der Waals surface area contributed by atoms with Crippen LogP contribution in [-0.4, -0.2) is 74.3 Å². The monoisotopic (exact) mass is 552 g/mol. The summed E-state index contributed by atoms with van der Waals surface area (Å²) in [6.07, 6.45) is 14.5. The van der Waals surface area contributed by atoms with Crippen LogP contribution in [0.4, 0.5) is 5.82 Å². The molecule has 3 atom stereocenters. The van der Waals surface area contributed by atoms with Crippen molar-refractivity contribution in [1.82, 2.24) is 24.7 Å². The van der Waals surface area contributed by atoms with Gasteiger partial charge >= 0.3 is 0 Å². The minimum atomic E-state index is -0.647. The second-order valence-corrected chi connectivity index (χ2v) is 12.3. The first-order chi connectivity index (χ1) is 19.6. The minimum Gasteiger partial charge on any atom is -0.356 e. The van der Waals surface area contributed by atoms with Crippen molar-refractivity contribution < 1.29 is 9.59 Å². The molecule has 0 saturated carbocycles. The summed E-state index contributed by atoms with van der Waals surface area (Å²) in [5, 5.41) is 20.7. The number of anilines is 1. The number of hydrazone groups is 1. The summed E-state index contributed by atoms with van der Waals surface area (Å²) in [5.74, 6) is -0.432. The fourth-order valence-electron chi connectivity index (χ4n) is 6.72. The Morgan fingerprint density at radius 1 is 1.12 bits per heavy atom. The minimum absolute atomic E-state index is 0.0178. The molecule has 2 saturated heterocycles. The summed E-state index contributed by atoms with van der Waals surface area (Å²) in [6.45, 7) is 8.58. The first kappa shape index (κ1) is 26.9. The van der Waals surface area contributed by atoms with Crippen LogP contribution in [0, 0.1) is 28.6 Å². The van der Waals surface area contributed by atoms with E-state index >= 15 is 0 Å². The molecule has 0 N–H and O–H groups in total. The van der Waals surface area contributed by atoms with Gasteiger partial charge in [-0.25, -0.2) is 4.98 Å². The maximum atomic E-state index is 12.7. The number of carbonyl (C=O) groups excluding carboxylic acids is 2. The first-order valence-electron chi connectivity index (χ1n) is 14.3. The number of rotatable bonds is 5. The molecular formula is C31H36N8O2. The average Bonchev–Trinajstić information content (AvgIpc) is 3.68. The maximum Gasteiger partial charge on any atom is 0.290 e. The standard InChI is InChI=1S/C31H36N8O2/c1-21(2)28(40)29(41)38-11-9-31(20-38)8-5-10-37(19-31)27-7-6-22(14-33-27)26-12-23(24-15-34-36(4)17-24)18-39-30(26,3)25(13-32)16-35-39/h6-7,12,14-18,21,25H,5,8-11,19-20H2,1-4H3. The highest BCUT2D eigenvalue weighted by molar-refractivity contribution is 6.36. The van der Waals surface area contributed by atoms with Gasteiger partial charge in [0.05, 0.1) is 12.3 Å². The van der Waals surface area contributed by atoms with E-state index in [0.29, 0.717) is 13.1 Å². The van der Waals surface area contributed by atoms with Crippen molar-refractivity contribution in [2.45, 2.75) is 45.6 Å². The zero-order valence-electron chi connectivity index (χ0n) is 24.1.